The molecule has 82 valence electrons. The van der Waals surface area contributed by atoms with Crippen LogP contribution in [0, 0.1) is 0 Å². The molecular formula is C15H12N2. The van der Waals surface area contributed by atoms with Crippen molar-refractivity contribution in [2.24, 2.45) is 0 Å². The SMILES string of the molecule is Nc1cccc(-c2ccc3cccnc3c2)c1. The van der Waals surface area contributed by atoms with E-state index in [0.717, 1.165) is 27.7 Å². The summed E-state index contributed by atoms with van der Waals surface area (Å²) in [4.78, 5) is 4.36. The number of nitrogens with zero attached hydrogens (tertiary/aromatic N) is 1. The lowest BCUT2D eigenvalue weighted by molar-refractivity contribution is 1.41. The zero-order valence-corrected chi connectivity index (χ0v) is 9.30. The zero-order chi connectivity index (χ0) is 11.7. The van der Waals surface area contributed by atoms with Crippen LogP contribution in [-0.2, 0) is 0 Å². The van der Waals surface area contributed by atoms with Crippen molar-refractivity contribution >= 4 is 16.6 Å². The van der Waals surface area contributed by atoms with Gasteiger partial charge in [0.05, 0.1) is 5.52 Å². The highest BCUT2D eigenvalue weighted by Gasteiger charge is 2.00. The van der Waals surface area contributed by atoms with Crippen molar-refractivity contribution in [1.29, 1.82) is 0 Å². The molecule has 1 aromatic heterocycles. The van der Waals surface area contributed by atoms with E-state index in [1.165, 1.54) is 0 Å². The molecule has 0 atom stereocenters. The van der Waals surface area contributed by atoms with Gasteiger partial charge in [0, 0.05) is 17.3 Å². The third-order valence-corrected chi connectivity index (χ3v) is 2.83. The van der Waals surface area contributed by atoms with Crippen molar-refractivity contribution in [1.82, 2.24) is 4.98 Å². The first-order valence-electron chi connectivity index (χ1n) is 5.54. The van der Waals surface area contributed by atoms with Gasteiger partial charge in [-0.15, -0.1) is 0 Å². The van der Waals surface area contributed by atoms with Gasteiger partial charge >= 0.3 is 0 Å². The van der Waals surface area contributed by atoms with Crippen molar-refractivity contribution < 1.29 is 0 Å². The second kappa shape index (κ2) is 3.91. The Morgan fingerprint density at radius 3 is 2.59 bits per heavy atom. The predicted molar refractivity (Wildman–Crippen MR) is 71.6 cm³/mol. The first kappa shape index (κ1) is 9.85. The van der Waals surface area contributed by atoms with Gasteiger partial charge in [-0.25, -0.2) is 0 Å². The van der Waals surface area contributed by atoms with E-state index in [9.17, 15) is 0 Å². The van der Waals surface area contributed by atoms with E-state index in [0.29, 0.717) is 0 Å². The molecule has 0 radical (unpaired) electrons. The maximum atomic E-state index is 5.79. The minimum absolute atomic E-state index is 0.781. The first-order valence-corrected chi connectivity index (χ1v) is 5.54. The van der Waals surface area contributed by atoms with Crippen LogP contribution >= 0.6 is 0 Å². The van der Waals surface area contributed by atoms with Crippen LogP contribution in [0.1, 0.15) is 0 Å². The minimum atomic E-state index is 0.781. The fourth-order valence-electron chi connectivity index (χ4n) is 1.96. The van der Waals surface area contributed by atoms with Gasteiger partial charge in [-0.1, -0.05) is 30.3 Å². The van der Waals surface area contributed by atoms with Gasteiger partial charge in [0.15, 0.2) is 0 Å². The molecule has 0 aliphatic carbocycles. The summed E-state index contributed by atoms with van der Waals surface area (Å²) in [6, 6.07) is 18.2. The number of nitrogens with two attached hydrogens (primary N) is 1. The molecule has 2 N–H and O–H groups in total. The molecule has 0 spiro atoms. The standard InChI is InChI=1S/C15H12N2/c16-14-5-1-3-12(9-14)13-7-6-11-4-2-8-17-15(11)10-13/h1-10H,16H2. The number of rotatable bonds is 1. The van der Waals surface area contributed by atoms with E-state index in [-0.39, 0.29) is 0 Å². The summed E-state index contributed by atoms with van der Waals surface area (Å²) < 4.78 is 0. The summed E-state index contributed by atoms with van der Waals surface area (Å²) in [6.45, 7) is 0. The topological polar surface area (TPSA) is 38.9 Å². The molecule has 3 rings (SSSR count). The maximum Gasteiger partial charge on any atom is 0.0708 e. The number of benzene rings is 2. The number of fused-ring (bicyclic) bond motifs is 1. The highest BCUT2D eigenvalue weighted by molar-refractivity contribution is 5.84. The van der Waals surface area contributed by atoms with Crippen LogP contribution < -0.4 is 5.73 Å². The molecule has 3 aromatic rings. The van der Waals surface area contributed by atoms with Crippen LogP contribution in [0.3, 0.4) is 0 Å². The highest BCUT2D eigenvalue weighted by atomic mass is 14.6. The van der Waals surface area contributed by atoms with E-state index in [2.05, 4.69) is 35.3 Å². The van der Waals surface area contributed by atoms with Crippen molar-refractivity contribution in [3.8, 4) is 11.1 Å². The van der Waals surface area contributed by atoms with Crippen molar-refractivity contribution in [3.63, 3.8) is 0 Å². The Kier molecular flexibility index (Phi) is 2.26. The number of pyridine rings is 1. The van der Waals surface area contributed by atoms with Gasteiger partial charge in [-0.2, -0.15) is 0 Å². The van der Waals surface area contributed by atoms with Crippen LogP contribution in [0.15, 0.2) is 60.8 Å². The zero-order valence-electron chi connectivity index (χ0n) is 9.30. The number of nitrogen functional groups attached to an aromatic ring is 1. The quantitative estimate of drug-likeness (QED) is 0.637. The van der Waals surface area contributed by atoms with Gasteiger partial charge in [0.1, 0.15) is 0 Å². The summed E-state index contributed by atoms with van der Waals surface area (Å²) in [7, 11) is 0. The molecule has 0 bridgehead atoms. The predicted octanol–water partition coefficient (Wildman–Crippen LogP) is 3.48. The Bertz CT molecular complexity index is 674. The van der Waals surface area contributed by atoms with Crippen molar-refractivity contribution in [2.45, 2.75) is 0 Å². The van der Waals surface area contributed by atoms with Gasteiger partial charge < -0.3 is 5.73 Å². The van der Waals surface area contributed by atoms with Crippen LogP contribution in [0.4, 0.5) is 5.69 Å². The fraction of sp³-hybridized carbons (Fsp3) is 0. The Hall–Kier alpha value is -2.35. The molecule has 1 heterocycles. The van der Waals surface area contributed by atoms with E-state index in [1.54, 1.807) is 0 Å². The fourth-order valence-corrected chi connectivity index (χ4v) is 1.96. The van der Waals surface area contributed by atoms with Gasteiger partial charge in [0.25, 0.3) is 0 Å². The largest absolute Gasteiger partial charge is 0.399 e. The van der Waals surface area contributed by atoms with Crippen LogP contribution in [0.25, 0.3) is 22.0 Å². The molecule has 2 heteroatoms. The lowest BCUT2D eigenvalue weighted by Crippen LogP contribution is -1.85. The lowest BCUT2D eigenvalue weighted by atomic mass is 10.0. The summed E-state index contributed by atoms with van der Waals surface area (Å²) in [5.74, 6) is 0. The molecule has 2 aromatic carbocycles. The average Bonchev–Trinajstić information content (AvgIpc) is 2.38. The van der Waals surface area contributed by atoms with E-state index in [4.69, 9.17) is 5.73 Å². The molecule has 0 amide bonds. The number of hydrogen-bond donors (Lipinski definition) is 1. The molecule has 0 saturated heterocycles. The molecule has 0 unspecified atom stereocenters. The Balaban J connectivity index is 2.18. The Labute approximate surface area is 99.7 Å². The average molecular weight is 220 g/mol. The first-order chi connectivity index (χ1) is 8.33. The molecule has 0 aliphatic rings. The van der Waals surface area contributed by atoms with Gasteiger partial charge in [0.2, 0.25) is 0 Å². The Morgan fingerprint density at radius 1 is 0.824 bits per heavy atom. The summed E-state index contributed by atoms with van der Waals surface area (Å²) in [6.07, 6.45) is 1.81. The maximum absolute atomic E-state index is 5.79. The van der Waals surface area contributed by atoms with Crippen molar-refractivity contribution in [2.75, 3.05) is 5.73 Å². The van der Waals surface area contributed by atoms with Crippen LogP contribution in [-0.4, -0.2) is 4.98 Å². The molecule has 0 fully saturated rings. The second-order valence-corrected chi connectivity index (χ2v) is 4.04. The number of hydrogen-bond acceptors (Lipinski definition) is 2. The highest BCUT2D eigenvalue weighted by Crippen LogP contribution is 2.24. The van der Waals surface area contributed by atoms with Crippen LogP contribution in [0.5, 0.6) is 0 Å². The summed E-state index contributed by atoms with van der Waals surface area (Å²) in [5, 5.41) is 1.15. The van der Waals surface area contributed by atoms with Crippen LogP contribution in [0.2, 0.25) is 0 Å². The number of anilines is 1. The summed E-state index contributed by atoms with van der Waals surface area (Å²) in [5.41, 5.74) is 9.85. The van der Waals surface area contributed by atoms with Crippen molar-refractivity contribution in [3.05, 3.63) is 60.8 Å². The van der Waals surface area contributed by atoms with E-state index in [1.807, 2.05) is 30.5 Å². The Morgan fingerprint density at radius 2 is 1.71 bits per heavy atom. The third kappa shape index (κ3) is 1.85. The smallest absolute Gasteiger partial charge is 0.0708 e. The third-order valence-electron chi connectivity index (χ3n) is 2.83. The molecular weight excluding hydrogens is 208 g/mol. The van der Waals surface area contributed by atoms with E-state index < -0.39 is 0 Å². The monoisotopic (exact) mass is 220 g/mol. The van der Waals surface area contributed by atoms with Gasteiger partial charge in [-0.3, -0.25) is 4.98 Å². The normalized spacial score (nSPS) is 10.6. The van der Waals surface area contributed by atoms with E-state index >= 15 is 0 Å². The lowest BCUT2D eigenvalue weighted by Gasteiger charge is -2.04. The minimum Gasteiger partial charge on any atom is -0.399 e. The molecule has 2 nitrogen and oxygen atoms in total. The number of aromatic nitrogens is 1. The summed E-state index contributed by atoms with van der Waals surface area (Å²) >= 11 is 0. The molecule has 0 aliphatic heterocycles. The van der Waals surface area contributed by atoms with Gasteiger partial charge in [-0.05, 0) is 35.4 Å². The molecule has 17 heavy (non-hydrogen) atoms. The molecule has 0 saturated carbocycles. The second-order valence-electron chi connectivity index (χ2n) is 4.04.